The normalized spacial score (nSPS) is 21.1. The molecule has 2 heterocycles. The van der Waals surface area contributed by atoms with Crippen LogP contribution in [0.25, 0.3) is 0 Å². The van der Waals surface area contributed by atoms with Gasteiger partial charge in [0.25, 0.3) is 5.91 Å². The van der Waals surface area contributed by atoms with E-state index in [9.17, 15) is 22.4 Å². The summed E-state index contributed by atoms with van der Waals surface area (Å²) in [7, 11) is -3.19. The van der Waals surface area contributed by atoms with Gasteiger partial charge in [0, 0.05) is 19.4 Å². The first-order valence-corrected chi connectivity index (χ1v) is 10.7. The van der Waals surface area contributed by atoms with Crippen molar-refractivity contribution in [3.63, 3.8) is 0 Å². The van der Waals surface area contributed by atoms with E-state index in [0.717, 1.165) is 5.01 Å². The summed E-state index contributed by atoms with van der Waals surface area (Å²) in [4.78, 5) is 26.5. The number of amides is 2. The molecule has 0 radical (unpaired) electrons. The lowest BCUT2D eigenvalue weighted by molar-refractivity contribution is -0.134. The van der Waals surface area contributed by atoms with E-state index in [2.05, 4.69) is 11.0 Å². The van der Waals surface area contributed by atoms with Gasteiger partial charge in [-0.2, -0.15) is 5.10 Å². The number of carbonyl (C=O) groups is 2. The van der Waals surface area contributed by atoms with Crippen molar-refractivity contribution in [3.8, 4) is 12.3 Å². The first-order valence-electron chi connectivity index (χ1n) is 8.86. The van der Waals surface area contributed by atoms with Crippen LogP contribution in [0.1, 0.15) is 24.8 Å². The number of carbonyl (C=O) groups excluding carboxylic acids is 2. The van der Waals surface area contributed by atoms with E-state index in [1.54, 1.807) is 12.1 Å². The molecule has 1 fully saturated rings. The maximum absolute atomic E-state index is 13.1. The molecule has 0 saturated carbocycles. The second kappa shape index (κ2) is 8.10. The average Bonchev–Trinajstić information content (AvgIpc) is 3.02. The molecule has 1 aromatic carbocycles. The molecule has 2 amide bonds. The number of hydrazone groups is 1. The summed E-state index contributed by atoms with van der Waals surface area (Å²) in [5.74, 6) is 1.20. The number of rotatable bonds is 5. The molecule has 0 spiro atoms. The van der Waals surface area contributed by atoms with E-state index in [-0.39, 0.29) is 54.9 Å². The monoisotopic (exact) mass is 405 g/mol. The van der Waals surface area contributed by atoms with Crippen molar-refractivity contribution in [1.29, 1.82) is 0 Å². The Kier molecular flexibility index (Phi) is 5.79. The summed E-state index contributed by atoms with van der Waals surface area (Å²) in [5.41, 5.74) is 0.873. The van der Waals surface area contributed by atoms with Crippen molar-refractivity contribution in [1.82, 2.24) is 9.91 Å². The largest absolute Gasteiger partial charge is 0.322 e. The third kappa shape index (κ3) is 4.57. The average molecular weight is 405 g/mol. The number of benzene rings is 1. The van der Waals surface area contributed by atoms with Crippen LogP contribution in [0.15, 0.2) is 29.4 Å². The third-order valence-electron chi connectivity index (χ3n) is 4.72. The molecule has 1 saturated heterocycles. The second-order valence-corrected chi connectivity index (χ2v) is 9.06. The van der Waals surface area contributed by atoms with Crippen molar-refractivity contribution in [2.45, 2.75) is 31.8 Å². The summed E-state index contributed by atoms with van der Waals surface area (Å²) < 4.78 is 36.5. The standard InChI is InChI=1S/C19H20FN3O4S/c1-2-10-22(12-14-3-5-15(20)6-4-14)19(25)17-7-8-18(24)23(21-17)16-9-11-28(26,27)13-16/h1,3-6,16H,7-13H2. The molecule has 7 nitrogen and oxygen atoms in total. The first-order chi connectivity index (χ1) is 13.3. The summed E-state index contributed by atoms with van der Waals surface area (Å²) in [5, 5.41) is 5.33. The van der Waals surface area contributed by atoms with Crippen LogP contribution >= 0.6 is 0 Å². The summed E-state index contributed by atoms with van der Waals surface area (Å²) in [6.45, 7) is 0.203. The molecule has 3 rings (SSSR count). The Hall–Kier alpha value is -2.73. The van der Waals surface area contributed by atoms with Crippen LogP contribution in [0.3, 0.4) is 0 Å². The quantitative estimate of drug-likeness (QED) is 0.683. The molecule has 1 aromatic rings. The minimum absolute atomic E-state index is 0.00797. The lowest BCUT2D eigenvalue weighted by Gasteiger charge is -2.29. The van der Waals surface area contributed by atoms with Crippen LogP contribution in [-0.2, 0) is 26.0 Å². The molecule has 2 aliphatic heterocycles. The highest BCUT2D eigenvalue weighted by atomic mass is 32.2. The summed E-state index contributed by atoms with van der Waals surface area (Å²) in [6, 6.07) is 5.18. The Morgan fingerprint density at radius 2 is 2.04 bits per heavy atom. The van der Waals surface area contributed by atoms with Gasteiger partial charge in [-0.05, 0) is 24.1 Å². The van der Waals surface area contributed by atoms with E-state index in [1.807, 2.05) is 0 Å². The number of hydrogen-bond donors (Lipinski definition) is 0. The molecule has 148 valence electrons. The maximum Gasteiger partial charge on any atom is 0.271 e. The molecule has 0 aliphatic carbocycles. The molecular weight excluding hydrogens is 385 g/mol. The Bertz CT molecular complexity index is 950. The number of terminal acetylenes is 1. The van der Waals surface area contributed by atoms with Crippen molar-refractivity contribution >= 4 is 27.4 Å². The fourth-order valence-corrected chi connectivity index (χ4v) is 4.97. The molecule has 2 aliphatic rings. The van der Waals surface area contributed by atoms with Crippen LogP contribution in [0, 0.1) is 18.2 Å². The molecule has 0 bridgehead atoms. The Morgan fingerprint density at radius 3 is 2.64 bits per heavy atom. The number of hydrogen-bond acceptors (Lipinski definition) is 5. The number of nitrogens with zero attached hydrogens (tertiary/aromatic N) is 3. The molecule has 9 heteroatoms. The van der Waals surface area contributed by atoms with Gasteiger partial charge >= 0.3 is 0 Å². The molecule has 28 heavy (non-hydrogen) atoms. The van der Waals surface area contributed by atoms with Crippen LogP contribution in [0.4, 0.5) is 4.39 Å². The first kappa shape index (κ1) is 20.0. The van der Waals surface area contributed by atoms with Gasteiger partial charge in [0.05, 0.1) is 24.1 Å². The molecule has 0 N–H and O–H groups in total. The number of sulfone groups is 1. The Balaban J connectivity index is 1.79. The van der Waals surface area contributed by atoms with Crippen LogP contribution in [0.2, 0.25) is 0 Å². The lowest BCUT2D eigenvalue weighted by atomic mass is 10.1. The predicted molar refractivity (Wildman–Crippen MR) is 101 cm³/mol. The van der Waals surface area contributed by atoms with Gasteiger partial charge in [0.1, 0.15) is 11.5 Å². The second-order valence-electron chi connectivity index (χ2n) is 6.83. The van der Waals surface area contributed by atoms with Crippen molar-refractivity contribution in [2.24, 2.45) is 5.10 Å². The van der Waals surface area contributed by atoms with Gasteiger partial charge in [0.15, 0.2) is 9.84 Å². The van der Waals surface area contributed by atoms with Gasteiger partial charge in [-0.15, -0.1) is 6.42 Å². The smallest absolute Gasteiger partial charge is 0.271 e. The third-order valence-corrected chi connectivity index (χ3v) is 6.47. The van der Waals surface area contributed by atoms with E-state index in [1.165, 1.54) is 17.0 Å². The minimum Gasteiger partial charge on any atom is -0.322 e. The van der Waals surface area contributed by atoms with E-state index in [0.29, 0.717) is 12.0 Å². The molecular formula is C19H20FN3O4S. The van der Waals surface area contributed by atoms with Crippen LogP contribution in [-0.4, -0.2) is 59.9 Å². The summed E-state index contributed by atoms with van der Waals surface area (Å²) in [6.07, 6.45) is 5.94. The van der Waals surface area contributed by atoms with Gasteiger partial charge in [-0.1, -0.05) is 18.1 Å². The topological polar surface area (TPSA) is 87.1 Å². The predicted octanol–water partition coefficient (Wildman–Crippen LogP) is 0.953. The number of halogens is 1. The van der Waals surface area contributed by atoms with Gasteiger partial charge < -0.3 is 4.90 Å². The van der Waals surface area contributed by atoms with Gasteiger partial charge in [-0.3, -0.25) is 9.59 Å². The van der Waals surface area contributed by atoms with Crippen molar-refractivity contribution < 1.29 is 22.4 Å². The highest BCUT2D eigenvalue weighted by Crippen LogP contribution is 2.23. The zero-order valence-electron chi connectivity index (χ0n) is 15.2. The molecule has 1 atom stereocenters. The zero-order chi connectivity index (χ0) is 20.3. The molecule has 0 aromatic heterocycles. The lowest BCUT2D eigenvalue weighted by Crippen LogP contribution is -2.45. The Labute approximate surface area is 163 Å². The highest BCUT2D eigenvalue weighted by molar-refractivity contribution is 7.91. The maximum atomic E-state index is 13.1. The highest BCUT2D eigenvalue weighted by Gasteiger charge is 2.37. The van der Waals surface area contributed by atoms with E-state index >= 15 is 0 Å². The fourth-order valence-electron chi connectivity index (χ4n) is 3.28. The van der Waals surface area contributed by atoms with Crippen LogP contribution in [0.5, 0.6) is 0 Å². The van der Waals surface area contributed by atoms with Crippen LogP contribution < -0.4 is 0 Å². The summed E-state index contributed by atoms with van der Waals surface area (Å²) >= 11 is 0. The van der Waals surface area contributed by atoms with E-state index in [4.69, 9.17) is 6.42 Å². The van der Waals surface area contributed by atoms with Gasteiger partial charge in [-0.25, -0.2) is 17.8 Å². The van der Waals surface area contributed by atoms with Gasteiger partial charge in [0.2, 0.25) is 5.91 Å². The fraction of sp³-hybridized carbons (Fsp3) is 0.421. The Morgan fingerprint density at radius 1 is 1.32 bits per heavy atom. The van der Waals surface area contributed by atoms with Crippen molar-refractivity contribution in [3.05, 3.63) is 35.6 Å². The van der Waals surface area contributed by atoms with Crippen molar-refractivity contribution in [2.75, 3.05) is 18.1 Å². The van der Waals surface area contributed by atoms with E-state index < -0.39 is 21.8 Å². The zero-order valence-corrected chi connectivity index (χ0v) is 16.0. The minimum atomic E-state index is -3.19. The molecule has 1 unspecified atom stereocenters. The SMILES string of the molecule is C#CCN(Cc1ccc(F)cc1)C(=O)C1=NN(C2CCS(=O)(=O)C2)C(=O)CC1.